The molecule has 4 rings (SSSR count). The third-order valence-corrected chi connectivity index (χ3v) is 4.73. The first kappa shape index (κ1) is 17.9. The Morgan fingerprint density at radius 1 is 0.893 bits per heavy atom. The molecule has 1 aromatic carbocycles. The van der Waals surface area contributed by atoms with Crippen molar-refractivity contribution in [1.29, 1.82) is 0 Å². The summed E-state index contributed by atoms with van der Waals surface area (Å²) < 4.78 is 0. The molecule has 1 fully saturated rings. The fourth-order valence-corrected chi connectivity index (χ4v) is 3.14. The van der Waals surface area contributed by atoms with Crippen LogP contribution in [0.1, 0.15) is 15.9 Å². The largest absolute Gasteiger partial charge is 0.352 e. The molecule has 1 N–H and O–H groups in total. The number of aromatic nitrogens is 3. The van der Waals surface area contributed by atoms with E-state index in [2.05, 4.69) is 25.4 Å². The molecule has 7 nitrogen and oxygen atoms in total. The summed E-state index contributed by atoms with van der Waals surface area (Å²) in [7, 11) is 0. The topological polar surface area (TPSA) is 74.2 Å². The molecule has 28 heavy (non-hydrogen) atoms. The van der Waals surface area contributed by atoms with E-state index in [1.54, 1.807) is 6.20 Å². The maximum absolute atomic E-state index is 12.5. The molecule has 7 heteroatoms. The van der Waals surface area contributed by atoms with Gasteiger partial charge in [0.2, 0.25) is 0 Å². The fraction of sp³-hybridized carbons (Fsp3) is 0.238. The number of benzene rings is 1. The summed E-state index contributed by atoms with van der Waals surface area (Å²) in [5, 5.41) is 11.7. The second kappa shape index (κ2) is 8.04. The van der Waals surface area contributed by atoms with Crippen LogP contribution < -0.4 is 10.2 Å². The molecule has 1 amide bonds. The normalized spacial score (nSPS) is 14.0. The Hall–Kier alpha value is -3.48. The molecule has 0 aliphatic carbocycles. The molecule has 1 aliphatic heterocycles. The molecule has 0 spiro atoms. The molecule has 0 unspecified atom stereocenters. The summed E-state index contributed by atoms with van der Waals surface area (Å²) in [5.74, 6) is 2.28. The second-order valence-corrected chi connectivity index (χ2v) is 6.77. The lowest BCUT2D eigenvalue weighted by Gasteiger charge is -2.35. The quantitative estimate of drug-likeness (QED) is 0.757. The Kier molecular flexibility index (Phi) is 5.14. The number of hydrogen-bond donors (Lipinski definition) is 1. The maximum atomic E-state index is 12.5. The van der Waals surface area contributed by atoms with E-state index in [4.69, 9.17) is 0 Å². The molecular formula is C21H22N6O. The molecule has 0 saturated carbocycles. The monoisotopic (exact) mass is 374 g/mol. The van der Waals surface area contributed by atoms with Crippen molar-refractivity contribution in [3.8, 4) is 0 Å². The van der Waals surface area contributed by atoms with Gasteiger partial charge in [0.15, 0.2) is 11.6 Å². The van der Waals surface area contributed by atoms with Gasteiger partial charge < -0.3 is 15.1 Å². The summed E-state index contributed by atoms with van der Waals surface area (Å²) in [6, 6.07) is 17.1. The van der Waals surface area contributed by atoms with E-state index in [0.717, 1.165) is 35.9 Å². The maximum Gasteiger partial charge on any atom is 0.253 e. The first-order valence-electron chi connectivity index (χ1n) is 9.32. The number of anilines is 3. The van der Waals surface area contributed by atoms with Crippen LogP contribution in [0.25, 0.3) is 0 Å². The summed E-state index contributed by atoms with van der Waals surface area (Å²) >= 11 is 0. The van der Waals surface area contributed by atoms with Crippen molar-refractivity contribution in [2.24, 2.45) is 0 Å². The number of nitrogens with one attached hydrogen (secondary N) is 1. The average molecular weight is 374 g/mol. The minimum absolute atomic E-state index is 0.0801. The standard InChI is InChI=1S/C21H22N6O/c1-16-7-8-18(22-15-16)23-19-9-10-20(25-24-19)26-11-13-27(14-12-26)21(28)17-5-3-2-4-6-17/h2-10,15H,11-14H2,1H3,(H,22,23,24). The van der Waals surface area contributed by atoms with Crippen LogP contribution in [-0.4, -0.2) is 52.2 Å². The van der Waals surface area contributed by atoms with Crippen molar-refractivity contribution in [1.82, 2.24) is 20.1 Å². The Morgan fingerprint density at radius 2 is 1.64 bits per heavy atom. The zero-order valence-electron chi connectivity index (χ0n) is 15.7. The number of rotatable bonds is 4. The zero-order valence-corrected chi connectivity index (χ0v) is 15.7. The van der Waals surface area contributed by atoms with E-state index < -0.39 is 0 Å². The van der Waals surface area contributed by atoms with E-state index in [1.165, 1.54) is 0 Å². The van der Waals surface area contributed by atoms with Crippen LogP contribution in [0.3, 0.4) is 0 Å². The predicted molar refractivity (Wildman–Crippen MR) is 109 cm³/mol. The Bertz CT molecular complexity index is 919. The third-order valence-electron chi connectivity index (χ3n) is 4.73. The van der Waals surface area contributed by atoms with Crippen molar-refractivity contribution >= 4 is 23.4 Å². The van der Waals surface area contributed by atoms with Gasteiger partial charge in [-0.1, -0.05) is 24.3 Å². The number of nitrogens with zero attached hydrogens (tertiary/aromatic N) is 5. The number of aryl methyl sites for hydroxylation is 1. The Balaban J connectivity index is 1.34. The zero-order chi connectivity index (χ0) is 19.3. The molecule has 142 valence electrons. The predicted octanol–water partition coefficient (Wildman–Crippen LogP) is 2.89. The highest BCUT2D eigenvalue weighted by Crippen LogP contribution is 2.17. The van der Waals surface area contributed by atoms with Gasteiger partial charge in [0.05, 0.1) is 0 Å². The van der Waals surface area contributed by atoms with Crippen LogP contribution in [0, 0.1) is 6.92 Å². The lowest BCUT2D eigenvalue weighted by atomic mass is 10.2. The fourth-order valence-electron chi connectivity index (χ4n) is 3.14. The highest BCUT2D eigenvalue weighted by Gasteiger charge is 2.22. The van der Waals surface area contributed by atoms with Gasteiger partial charge in [0, 0.05) is 37.9 Å². The minimum Gasteiger partial charge on any atom is -0.352 e. The van der Waals surface area contributed by atoms with E-state index in [0.29, 0.717) is 18.9 Å². The highest BCUT2D eigenvalue weighted by atomic mass is 16.2. The first-order valence-corrected chi connectivity index (χ1v) is 9.32. The van der Waals surface area contributed by atoms with Crippen LogP contribution in [0.4, 0.5) is 17.5 Å². The van der Waals surface area contributed by atoms with Gasteiger partial charge in [0.1, 0.15) is 5.82 Å². The molecule has 1 saturated heterocycles. The van der Waals surface area contributed by atoms with Crippen molar-refractivity contribution in [3.05, 3.63) is 71.9 Å². The van der Waals surface area contributed by atoms with Gasteiger partial charge in [-0.3, -0.25) is 4.79 Å². The lowest BCUT2D eigenvalue weighted by molar-refractivity contribution is 0.0746. The summed E-state index contributed by atoms with van der Waals surface area (Å²) in [6.45, 7) is 4.81. The van der Waals surface area contributed by atoms with Crippen LogP contribution in [0.15, 0.2) is 60.8 Å². The molecule has 0 atom stereocenters. The number of carbonyl (C=O) groups excluding carboxylic acids is 1. The molecular weight excluding hydrogens is 352 g/mol. The molecule has 2 aromatic heterocycles. The average Bonchev–Trinajstić information content (AvgIpc) is 2.76. The van der Waals surface area contributed by atoms with Crippen molar-refractivity contribution < 1.29 is 4.79 Å². The SMILES string of the molecule is Cc1ccc(Nc2ccc(N3CCN(C(=O)c4ccccc4)CC3)nn2)nc1. The van der Waals surface area contributed by atoms with Crippen LogP contribution in [0.5, 0.6) is 0 Å². The van der Waals surface area contributed by atoms with Gasteiger partial charge in [-0.2, -0.15) is 0 Å². The number of pyridine rings is 1. The summed E-state index contributed by atoms with van der Waals surface area (Å²) in [4.78, 5) is 20.9. The number of carbonyl (C=O) groups is 1. The third kappa shape index (κ3) is 4.09. The Labute approximate surface area is 164 Å². The number of hydrogen-bond acceptors (Lipinski definition) is 6. The van der Waals surface area contributed by atoms with Gasteiger partial charge in [-0.05, 0) is 42.8 Å². The lowest BCUT2D eigenvalue weighted by Crippen LogP contribution is -2.49. The molecule has 0 bridgehead atoms. The van der Waals surface area contributed by atoms with E-state index in [9.17, 15) is 4.79 Å². The molecule has 3 aromatic rings. The molecule has 0 radical (unpaired) electrons. The van der Waals surface area contributed by atoms with Crippen molar-refractivity contribution in [2.75, 3.05) is 36.4 Å². The summed E-state index contributed by atoms with van der Waals surface area (Å²) in [6.07, 6.45) is 1.81. The molecule has 3 heterocycles. The summed E-state index contributed by atoms with van der Waals surface area (Å²) in [5.41, 5.74) is 1.84. The van der Waals surface area contributed by atoms with Gasteiger partial charge in [-0.25, -0.2) is 4.98 Å². The van der Waals surface area contributed by atoms with E-state index >= 15 is 0 Å². The minimum atomic E-state index is 0.0801. The second-order valence-electron chi connectivity index (χ2n) is 6.77. The smallest absolute Gasteiger partial charge is 0.253 e. The van der Waals surface area contributed by atoms with E-state index in [1.807, 2.05) is 66.4 Å². The van der Waals surface area contributed by atoms with Gasteiger partial charge >= 0.3 is 0 Å². The van der Waals surface area contributed by atoms with Crippen molar-refractivity contribution in [3.63, 3.8) is 0 Å². The van der Waals surface area contributed by atoms with Crippen molar-refractivity contribution in [2.45, 2.75) is 6.92 Å². The van der Waals surface area contributed by atoms with Crippen LogP contribution in [0.2, 0.25) is 0 Å². The Morgan fingerprint density at radius 3 is 2.29 bits per heavy atom. The van der Waals surface area contributed by atoms with Gasteiger partial charge in [0.25, 0.3) is 5.91 Å². The van der Waals surface area contributed by atoms with Crippen LogP contribution >= 0.6 is 0 Å². The van der Waals surface area contributed by atoms with Crippen LogP contribution in [-0.2, 0) is 0 Å². The number of amides is 1. The molecule has 1 aliphatic rings. The number of piperazine rings is 1. The highest BCUT2D eigenvalue weighted by molar-refractivity contribution is 5.94. The first-order chi connectivity index (χ1) is 13.7. The van der Waals surface area contributed by atoms with E-state index in [-0.39, 0.29) is 5.91 Å². The van der Waals surface area contributed by atoms with Gasteiger partial charge in [-0.15, -0.1) is 10.2 Å².